The SMILES string of the molecule is N#Cc1cccc(Nc2c(C#N)c(N3CCOCC3)nc3c(Cl)cnn23)c1. The monoisotopic (exact) mass is 379 g/mol. The molecule has 0 spiro atoms. The zero-order chi connectivity index (χ0) is 18.8. The summed E-state index contributed by atoms with van der Waals surface area (Å²) in [6.07, 6.45) is 1.49. The van der Waals surface area contributed by atoms with Crippen molar-refractivity contribution in [3.05, 3.63) is 46.6 Å². The lowest BCUT2D eigenvalue weighted by Gasteiger charge is -2.29. The van der Waals surface area contributed by atoms with Gasteiger partial charge in [-0.3, -0.25) is 0 Å². The molecular weight excluding hydrogens is 366 g/mol. The molecule has 3 heterocycles. The highest BCUT2D eigenvalue weighted by Gasteiger charge is 2.23. The van der Waals surface area contributed by atoms with Crippen molar-refractivity contribution in [3.8, 4) is 12.1 Å². The van der Waals surface area contributed by atoms with Gasteiger partial charge >= 0.3 is 0 Å². The van der Waals surface area contributed by atoms with Gasteiger partial charge in [0.2, 0.25) is 0 Å². The number of fused-ring (bicyclic) bond motifs is 1. The standard InChI is InChI=1S/C18H14ClN7O/c19-15-11-22-26-17(23-13-3-1-2-12(8-13)9-20)14(10-21)16(24-18(15)26)25-4-6-27-7-5-25/h1-3,8,11,23H,4-7H2. The molecule has 1 aromatic carbocycles. The number of benzene rings is 1. The molecule has 1 saturated heterocycles. The van der Waals surface area contributed by atoms with Gasteiger partial charge in [-0.05, 0) is 18.2 Å². The van der Waals surface area contributed by atoms with Crippen molar-refractivity contribution in [2.24, 2.45) is 0 Å². The largest absolute Gasteiger partial charge is 0.378 e. The van der Waals surface area contributed by atoms with Gasteiger partial charge in [-0.15, -0.1) is 0 Å². The Balaban J connectivity index is 1.89. The van der Waals surface area contributed by atoms with E-state index in [-0.39, 0.29) is 0 Å². The third kappa shape index (κ3) is 3.13. The van der Waals surface area contributed by atoms with Gasteiger partial charge in [-0.2, -0.15) is 20.1 Å². The van der Waals surface area contributed by atoms with E-state index in [1.54, 1.807) is 18.2 Å². The second-order valence-electron chi connectivity index (χ2n) is 5.92. The van der Waals surface area contributed by atoms with Crippen LogP contribution in [0.5, 0.6) is 0 Å². The lowest BCUT2D eigenvalue weighted by molar-refractivity contribution is 0.122. The van der Waals surface area contributed by atoms with Crippen LogP contribution in [0, 0.1) is 22.7 Å². The van der Waals surface area contributed by atoms with Gasteiger partial charge in [-0.1, -0.05) is 17.7 Å². The van der Waals surface area contributed by atoms with Crippen LogP contribution in [0.1, 0.15) is 11.1 Å². The summed E-state index contributed by atoms with van der Waals surface area (Å²) in [5.74, 6) is 0.987. The summed E-state index contributed by atoms with van der Waals surface area (Å²) >= 11 is 6.26. The Bertz CT molecular complexity index is 1090. The van der Waals surface area contributed by atoms with Gasteiger partial charge in [0.25, 0.3) is 0 Å². The Morgan fingerprint density at radius 2 is 2.00 bits per heavy atom. The number of rotatable bonds is 3. The van der Waals surface area contributed by atoms with Crippen molar-refractivity contribution in [2.75, 3.05) is 36.5 Å². The van der Waals surface area contributed by atoms with E-state index in [0.29, 0.717) is 65.4 Å². The van der Waals surface area contributed by atoms with Gasteiger partial charge < -0.3 is 15.0 Å². The number of ether oxygens (including phenoxy) is 1. The normalized spacial score (nSPS) is 14.0. The molecule has 134 valence electrons. The fraction of sp³-hybridized carbons (Fsp3) is 0.222. The number of morpholine rings is 1. The Morgan fingerprint density at radius 3 is 2.74 bits per heavy atom. The first-order chi connectivity index (χ1) is 13.2. The van der Waals surface area contributed by atoms with E-state index in [1.807, 2.05) is 11.0 Å². The molecule has 0 aliphatic carbocycles. The van der Waals surface area contributed by atoms with E-state index in [4.69, 9.17) is 21.6 Å². The molecule has 0 amide bonds. The van der Waals surface area contributed by atoms with Crippen molar-refractivity contribution in [3.63, 3.8) is 0 Å². The van der Waals surface area contributed by atoms with Gasteiger partial charge in [0, 0.05) is 18.8 Å². The zero-order valence-electron chi connectivity index (χ0n) is 14.2. The Hall–Kier alpha value is -3.33. The number of hydrogen-bond acceptors (Lipinski definition) is 7. The van der Waals surface area contributed by atoms with Gasteiger partial charge in [0.05, 0.1) is 31.0 Å². The predicted octanol–water partition coefficient (Wildman–Crippen LogP) is 2.71. The van der Waals surface area contributed by atoms with Gasteiger partial charge in [0.15, 0.2) is 17.3 Å². The summed E-state index contributed by atoms with van der Waals surface area (Å²) in [6.45, 7) is 2.40. The van der Waals surface area contributed by atoms with E-state index in [9.17, 15) is 5.26 Å². The summed E-state index contributed by atoms with van der Waals surface area (Å²) in [5, 5.41) is 26.8. The van der Waals surface area contributed by atoms with Crippen LogP contribution in [-0.2, 0) is 4.74 Å². The smallest absolute Gasteiger partial charge is 0.178 e. The van der Waals surface area contributed by atoms with Gasteiger partial charge in [0.1, 0.15) is 16.7 Å². The van der Waals surface area contributed by atoms with Crippen LogP contribution in [0.2, 0.25) is 5.02 Å². The molecule has 0 radical (unpaired) electrons. The van der Waals surface area contributed by atoms with E-state index in [0.717, 1.165) is 0 Å². The lowest BCUT2D eigenvalue weighted by atomic mass is 10.2. The number of nitrogens with one attached hydrogen (secondary N) is 1. The summed E-state index contributed by atoms with van der Waals surface area (Å²) in [7, 11) is 0. The molecule has 8 nitrogen and oxygen atoms in total. The molecule has 9 heteroatoms. The van der Waals surface area contributed by atoms with Crippen LogP contribution in [-0.4, -0.2) is 40.9 Å². The van der Waals surface area contributed by atoms with E-state index >= 15 is 0 Å². The Kier molecular flexibility index (Phi) is 4.51. The average Bonchev–Trinajstić information content (AvgIpc) is 3.09. The van der Waals surface area contributed by atoms with Crippen molar-refractivity contribution in [1.82, 2.24) is 14.6 Å². The van der Waals surface area contributed by atoms with Crippen LogP contribution in [0.4, 0.5) is 17.3 Å². The van der Waals surface area contributed by atoms with E-state index < -0.39 is 0 Å². The number of halogens is 1. The highest BCUT2D eigenvalue weighted by Crippen LogP contribution is 2.31. The van der Waals surface area contributed by atoms with E-state index in [1.165, 1.54) is 10.7 Å². The minimum atomic E-state index is 0.353. The molecule has 0 atom stereocenters. The maximum atomic E-state index is 9.86. The number of aromatic nitrogens is 3. The van der Waals surface area contributed by atoms with Crippen molar-refractivity contribution >= 4 is 34.6 Å². The quantitative estimate of drug-likeness (QED) is 0.746. The molecule has 1 aliphatic heterocycles. The molecule has 1 aliphatic rings. The third-order valence-electron chi connectivity index (χ3n) is 4.26. The summed E-state index contributed by atoms with van der Waals surface area (Å²) in [4.78, 5) is 6.59. The summed E-state index contributed by atoms with van der Waals surface area (Å²) in [6, 6.07) is 11.3. The van der Waals surface area contributed by atoms with Crippen LogP contribution in [0.15, 0.2) is 30.5 Å². The van der Waals surface area contributed by atoms with E-state index in [2.05, 4.69) is 27.5 Å². The average molecular weight is 380 g/mol. The first kappa shape index (κ1) is 17.1. The Morgan fingerprint density at radius 1 is 1.19 bits per heavy atom. The molecule has 0 bridgehead atoms. The van der Waals surface area contributed by atoms with Crippen molar-refractivity contribution in [1.29, 1.82) is 10.5 Å². The number of nitriles is 2. The zero-order valence-corrected chi connectivity index (χ0v) is 14.9. The molecule has 1 N–H and O–H groups in total. The second-order valence-corrected chi connectivity index (χ2v) is 6.32. The second kappa shape index (κ2) is 7.12. The van der Waals surface area contributed by atoms with Crippen molar-refractivity contribution in [2.45, 2.75) is 0 Å². The summed E-state index contributed by atoms with van der Waals surface area (Å²) in [5.41, 5.74) is 1.98. The first-order valence-electron chi connectivity index (χ1n) is 8.28. The molecule has 0 saturated carbocycles. The predicted molar refractivity (Wildman–Crippen MR) is 100 cm³/mol. The highest BCUT2D eigenvalue weighted by molar-refractivity contribution is 6.33. The number of hydrogen-bond donors (Lipinski definition) is 1. The van der Waals surface area contributed by atoms with Crippen molar-refractivity contribution < 1.29 is 4.74 Å². The molecule has 2 aromatic heterocycles. The van der Waals surface area contributed by atoms with Crippen LogP contribution in [0.25, 0.3) is 5.65 Å². The lowest BCUT2D eigenvalue weighted by Crippen LogP contribution is -2.37. The fourth-order valence-electron chi connectivity index (χ4n) is 2.98. The van der Waals surface area contributed by atoms with Crippen LogP contribution in [0.3, 0.4) is 0 Å². The van der Waals surface area contributed by atoms with Crippen LogP contribution < -0.4 is 10.2 Å². The topological polar surface area (TPSA) is 102 Å². The third-order valence-corrected chi connectivity index (χ3v) is 4.53. The minimum absolute atomic E-state index is 0.353. The first-order valence-corrected chi connectivity index (χ1v) is 8.66. The molecular formula is C18H14ClN7O. The maximum absolute atomic E-state index is 9.86. The molecule has 4 rings (SSSR count). The Labute approximate surface area is 160 Å². The molecule has 27 heavy (non-hydrogen) atoms. The minimum Gasteiger partial charge on any atom is -0.378 e. The molecule has 3 aromatic rings. The summed E-state index contributed by atoms with van der Waals surface area (Å²) < 4.78 is 6.90. The maximum Gasteiger partial charge on any atom is 0.178 e. The molecule has 1 fully saturated rings. The van der Waals surface area contributed by atoms with Crippen LogP contribution >= 0.6 is 11.6 Å². The number of nitrogens with zero attached hydrogens (tertiary/aromatic N) is 6. The number of anilines is 3. The van der Waals surface area contributed by atoms with Gasteiger partial charge in [-0.25, -0.2) is 4.98 Å². The fourth-order valence-corrected chi connectivity index (χ4v) is 3.15. The highest BCUT2D eigenvalue weighted by atomic mass is 35.5. The molecule has 0 unspecified atom stereocenters.